The van der Waals surface area contributed by atoms with Gasteiger partial charge in [0.2, 0.25) is 0 Å². The lowest BCUT2D eigenvalue weighted by molar-refractivity contribution is 0.272. The predicted octanol–water partition coefficient (Wildman–Crippen LogP) is 0.0727. The highest BCUT2D eigenvalue weighted by Crippen LogP contribution is 2.59. The van der Waals surface area contributed by atoms with E-state index in [-0.39, 0.29) is 0 Å². The van der Waals surface area contributed by atoms with Crippen LogP contribution in [0, 0.1) is 5.92 Å². The van der Waals surface area contributed by atoms with Gasteiger partial charge in [-0.25, -0.2) is 0 Å². The van der Waals surface area contributed by atoms with Crippen LogP contribution in [0.4, 0.5) is 0 Å². The van der Waals surface area contributed by atoms with Crippen LogP contribution in [0.5, 0.6) is 0 Å². The molecule has 3 fully saturated rings. The Morgan fingerprint density at radius 3 is 2.50 bits per heavy atom. The van der Waals surface area contributed by atoms with Gasteiger partial charge in [-0.1, -0.05) is 0 Å². The smallest absolute Gasteiger partial charge is 0.0296 e. The summed E-state index contributed by atoms with van der Waals surface area (Å²) in [6.45, 7) is 1.45. The van der Waals surface area contributed by atoms with Crippen molar-refractivity contribution in [3.8, 4) is 0 Å². The molecule has 32 valence electrons. The average molecular weight is 81.1 g/mol. The Hall–Kier alpha value is -0.0400. The maximum absolute atomic E-state index is 2.59. The minimum Gasteiger partial charge on any atom is -0.294 e. The van der Waals surface area contributed by atoms with Crippen LogP contribution in [0.3, 0.4) is 0 Å². The van der Waals surface area contributed by atoms with Gasteiger partial charge in [0.05, 0.1) is 0 Å². The van der Waals surface area contributed by atoms with Crippen molar-refractivity contribution in [2.24, 2.45) is 5.92 Å². The van der Waals surface area contributed by atoms with E-state index in [0.29, 0.717) is 0 Å². The highest BCUT2D eigenvalue weighted by atomic mass is 15.5. The fraction of sp³-hybridized carbons (Fsp3) is 1.00. The molecule has 0 radical (unpaired) electrons. The molecule has 0 aromatic carbocycles. The molecular formula is C5H7N. The van der Waals surface area contributed by atoms with Gasteiger partial charge in [0.15, 0.2) is 0 Å². The lowest BCUT2D eigenvalue weighted by Crippen LogP contribution is -2.33. The third kappa shape index (κ3) is 0.0719. The highest BCUT2D eigenvalue weighted by molar-refractivity contribution is 5.25. The molecule has 1 nitrogen and oxygen atoms in total. The summed E-state index contributed by atoms with van der Waals surface area (Å²) in [5.41, 5.74) is 0. The van der Waals surface area contributed by atoms with Crippen molar-refractivity contribution in [3.05, 3.63) is 0 Å². The Bertz CT molecular complexity index is 81.4. The summed E-state index contributed by atoms with van der Waals surface area (Å²) in [4.78, 5) is 2.59. The van der Waals surface area contributed by atoms with Gasteiger partial charge >= 0.3 is 0 Å². The molecule has 0 aromatic rings. The van der Waals surface area contributed by atoms with Gasteiger partial charge in [0.25, 0.3) is 0 Å². The number of fused-ring (bicyclic) bond motifs is 1. The van der Waals surface area contributed by atoms with Gasteiger partial charge in [0.1, 0.15) is 0 Å². The molecule has 0 bridgehead atoms. The standard InChI is InChI=1S/C5H7N/c1-3-2-6-4(1)5(3)6/h3-5H,1-2H2/t3-,4?,5?,6?/m0/s1. The summed E-state index contributed by atoms with van der Waals surface area (Å²) in [5.74, 6) is 1.18. The third-order valence-electron chi connectivity index (χ3n) is 2.59. The quantitative estimate of drug-likeness (QED) is 0.373. The molecule has 3 rings (SSSR count). The van der Waals surface area contributed by atoms with Crippen molar-refractivity contribution in [2.75, 3.05) is 6.54 Å². The molecule has 0 N–H and O–H groups in total. The van der Waals surface area contributed by atoms with Gasteiger partial charge in [0, 0.05) is 18.6 Å². The zero-order valence-corrected chi connectivity index (χ0v) is 3.59. The van der Waals surface area contributed by atoms with E-state index < -0.39 is 0 Å². The Labute approximate surface area is 36.9 Å². The zero-order chi connectivity index (χ0) is 3.72. The van der Waals surface area contributed by atoms with E-state index in [1.807, 2.05) is 0 Å². The van der Waals surface area contributed by atoms with Gasteiger partial charge in [-0.05, 0) is 12.3 Å². The first-order valence-electron chi connectivity index (χ1n) is 2.72. The maximum atomic E-state index is 2.59. The van der Waals surface area contributed by atoms with Crippen LogP contribution in [0.15, 0.2) is 0 Å². The second kappa shape index (κ2) is 0.399. The van der Waals surface area contributed by atoms with Crippen LogP contribution in [-0.2, 0) is 0 Å². The van der Waals surface area contributed by atoms with Gasteiger partial charge in [-0.15, -0.1) is 0 Å². The zero-order valence-electron chi connectivity index (χ0n) is 3.59. The first-order valence-corrected chi connectivity index (χ1v) is 2.72. The topological polar surface area (TPSA) is 3.01 Å². The van der Waals surface area contributed by atoms with Gasteiger partial charge in [-0.2, -0.15) is 0 Å². The van der Waals surface area contributed by atoms with E-state index >= 15 is 0 Å². The van der Waals surface area contributed by atoms with Crippen LogP contribution in [0.1, 0.15) is 6.42 Å². The Balaban J connectivity index is 2.21. The fourth-order valence-electron chi connectivity index (χ4n) is 2.04. The van der Waals surface area contributed by atoms with Crippen molar-refractivity contribution in [1.82, 2.24) is 4.90 Å². The second-order valence-corrected chi connectivity index (χ2v) is 2.75. The Morgan fingerprint density at radius 2 is 2.50 bits per heavy atom. The average Bonchev–Trinajstić information content (AvgIpc) is 2.03. The summed E-state index contributed by atoms with van der Waals surface area (Å²) in [6.07, 6.45) is 1.55. The number of rotatable bonds is 0. The van der Waals surface area contributed by atoms with Crippen molar-refractivity contribution in [1.29, 1.82) is 0 Å². The maximum Gasteiger partial charge on any atom is 0.0296 e. The lowest BCUT2D eigenvalue weighted by atomic mass is 9.85. The molecule has 0 spiro atoms. The van der Waals surface area contributed by atoms with Crippen molar-refractivity contribution in [2.45, 2.75) is 18.5 Å². The molecule has 2 aliphatic heterocycles. The fourth-order valence-corrected chi connectivity index (χ4v) is 2.04. The minimum atomic E-state index is 1.11. The van der Waals surface area contributed by atoms with E-state index in [9.17, 15) is 0 Å². The first kappa shape index (κ1) is 2.31. The molecule has 3 aliphatic rings. The van der Waals surface area contributed by atoms with Crippen LogP contribution in [-0.4, -0.2) is 23.5 Å². The molecular weight excluding hydrogens is 74.1 g/mol. The Morgan fingerprint density at radius 1 is 1.50 bits per heavy atom. The summed E-state index contributed by atoms with van der Waals surface area (Å²) in [6, 6.07) is 2.24. The molecule has 2 heterocycles. The van der Waals surface area contributed by atoms with E-state index in [4.69, 9.17) is 0 Å². The van der Waals surface area contributed by atoms with Crippen molar-refractivity contribution >= 4 is 0 Å². The third-order valence-corrected chi connectivity index (χ3v) is 2.59. The predicted molar refractivity (Wildman–Crippen MR) is 22.4 cm³/mol. The van der Waals surface area contributed by atoms with Gasteiger partial charge < -0.3 is 0 Å². The summed E-state index contributed by atoms with van der Waals surface area (Å²) in [5, 5.41) is 0. The van der Waals surface area contributed by atoms with Crippen LogP contribution < -0.4 is 0 Å². The molecule has 6 heavy (non-hydrogen) atoms. The van der Waals surface area contributed by atoms with Gasteiger partial charge in [-0.3, -0.25) is 4.90 Å². The largest absolute Gasteiger partial charge is 0.294 e. The van der Waals surface area contributed by atoms with Crippen LogP contribution >= 0.6 is 0 Å². The minimum absolute atomic E-state index is 1.11. The van der Waals surface area contributed by atoms with E-state index in [1.165, 1.54) is 12.5 Å². The molecule has 0 aromatic heterocycles. The summed E-state index contributed by atoms with van der Waals surface area (Å²) in [7, 11) is 0. The van der Waals surface area contributed by atoms with E-state index in [1.54, 1.807) is 6.42 Å². The molecule has 2 saturated heterocycles. The SMILES string of the molecule is C1C2C3[C@@H]1CN23. The van der Waals surface area contributed by atoms with Crippen molar-refractivity contribution in [3.63, 3.8) is 0 Å². The number of piperidine rings is 1. The normalized spacial score (nSPS) is 80.0. The monoisotopic (exact) mass is 81.1 g/mol. The molecule has 4 atom stereocenters. The second-order valence-electron chi connectivity index (χ2n) is 2.75. The van der Waals surface area contributed by atoms with Crippen molar-refractivity contribution < 1.29 is 0 Å². The molecule has 3 unspecified atom stereocenters. The Kier molecular flexibility index (Phi) is 0.154. The highest BCUT2D eigenvalue weighted by Gasteiger charge is 2.69. The lowest BCUT2D eigenvalue weighted by Gasteiger charge is -2.24. The van der Waals surface area contributed by atoms with E-state index in [2.05, 4.69) is 4.90 Å². The summed E-state index contributed by atoms with van der Waals surface area (Å²) >= 11 is 0. The van der Waals surface area contributed by atoms with E-state index in [0.717, 1.165) is 12.1 Å². The van der Waals surface area contributed by atoms with Crippen LogP contribution in [0.25, 0.3) is 0 Å². The summed E-state index contributed by atoms with van der Waals surface area (Å²) < 4.78 is 0. The number of nitrogens with zero attached hydrogens (tertiary/aromatic N) is 1. The molecule has 1 heteroatoms. The number of hydrogen-bond donors (Lipinski definition) is 0. The molecule has 1 aliphatic carbocycles. The molecule has 0 amide bonds. The van der Waals surface area contributed by atoms with Crippen LogP contribution in [0.2, 0.25) is 0 Å². The molecule has 1 saturated carbocycles. The first-order chi connectivity index (χ1) is 2.97. The number of hydrogen-bond acceptors (Lipinski definition) is 1.